The third-order valence-electron chi connectivity index (χ3n) is 8.91. The normalized spacial score (nSPS) is 13.5. The summed E-state index contributed by atoms with van der Waals surface area (Å²) in [7, 11) is 2.42. The molecule has 0 spiro atoms. The third kappa shape index (κ3) is 6.61. The molecule has 6 rings (SSSR count). The highest BCUT2D eigenvalue weighted by atomic mass is 19.1. The Morgan fingerprint density at radius 1 is 0.980 bits per heavy atom. The zero-order valence-electron chi connectivity index (χ0n) is 27.6. The van der Waals surface area contributed by atoms with Crippen molar-refractivity contribution in [3.63, 3.8) is 0 Å². The predicted molar refractivity (Wildman–Crippen MR) is 184 cm³/mol. The number of nitro groups is 1. The van der Waals surface area contributed by atoms with Crippen molar-refractivity contribution < 1.29 is 28.0 Å². The number of ether oxygens (including phenoxy) is 2. The van der Waals surface area contributed by atoms with Crippen molar-refractivity contribution >= 4 is 39.6 Å². The molecule has 0 aliphatic carbocycles. The van der Waals surface area contributed by atoms with E-state index in [-0.39, 0.29) is 34.3 Å². The van der Waals surface area contributed by atoms with Gasteiger partial charge in [0.25, 0.3) is 5.69 Å². The van der Waals surface area contributed by atoms with Gasteiger partial charge in [-0.15, -0.1) is 0 Å². The number of piperazine rings is 1. The van der Waals surface area contributed by atoms with Gasteiger partial charge in [-0.3, -0.25) is 14.9 Å². The zero-order chi connectivity index (χ0) is 34.8. The van der Waals surface area contributed by atoms with Crippen LogP contribution in [0.5, 0.6) is 11.5 Å². The van der Waals surface area contributed by atoms with Gasteiger partial charge in [0.1, 0.15) is 17.1 Å². The van der Waals surface area contributed by atoms with Crippen LogP contribution in [0.4, 0.5) is 31.7 Å². The summed E-state index contributed by atoms with van der Waals surface area (Å²) >= 11 is 0. The Balaban J connectivity index is 1.42. The van der Waals surface area contributed by atoms with E-state index in [0.717, 1.165) is 55.6 Å². The number of ketones is 1. The topological polar surface area (TPSA) is 115 Å². The number of nitrogens with zero attached hydrogens (tertiary/aromatic N) is 5. The molecule has 3 aromatic carbocycles. The average molecular weight is 671 g/mol. The Labute approximate surface area is 281 Å². The van der Waals surface area contributed by atoms with Gasteiger partial charge in [-0.1, -0.05) is 36.8 Å². The van der Waals surface area contributed by atoms with Crippen molar-refractivity contribution in [2.24, 2.45) is 0 Å². The molecule has 0 amide bonds. The number of pyridine rings is 1. The summed E-state index contributed by atoms with van der Waals surface area (Å²) in [6.07, 6.45) is 3.05. The molecule has 0 saturated carbocycles. The van der Waals surface area contributed by atoms with Gasteiger partial charge in [-0.25, -0.2) is 13.8 Å². The van der Waals surface area contributed by atoms with Gasteiger partial charge < -0.3 is 29.2 Å². The summed E-state index contributed by atoms with van der Waals surface area (Å²) in [5, 5.41) is 15.6. The van der Waals surface area contributed by atoms with Crippen molar-refractivity contribution in [1.29, 1.82) is 0 Å². The van der Waals surface area contributed by atoms with Crippen LogP contribution in [0.3, 0.4) is 0 Å². The van der Waals surface area contributed by atoms with Gasteiger partial charge in [-0.05, 0) is 37.2 Å². The maximum atomic E-state index is 15.5. The number of aryl methyl sites for hydroxylation is 1. The van der Waals surface area contributed by atoms with Crippen molar-refractivity contribution in [3.05, 3.63) is 111 Å². The second-order valence-electron chi connectivity index (χ2n) is 11.9. The molecule has 0 unspecified atom stereocenters. The van der Waals surface area contributed by atoms with Crippen LogP contribution in [0.25, 0.3) is 10.9 Å². The van der Waals surface area contributed by atoms with Crippen LogP contribution in [-0.4, -0.2) is 72.1 Å². The average Bonchev–Trinajstić information content (AvgIpc) is 3.46. The van der Waals surface area contributed by atoms with Gasteiger partial charge in [0.05, 0.1) is 30.9 Å². The Hall–Kier alpha value is -5.56. The van der Waals surface area contributed by atoms with Crippen molar-refractivity contribution in [1.82, 2.24) is 14.5 Å². The van der Waals surface area contributed by atoms with Crippen LogP contribution in [0.1, 0.15) is 34.0 Å². The smallest absolute Gasteiger partial charge is 0.294 e. The minimum Gasteiger partial charge on any atom is -0.494 e. The minimum atomic E-state index is -1.16. The number of rotatable bonds is 11. The van der Waals surface area contributed by atoms with Crippen LogP contribution in [0.15, 0.2) is 67.0 Å². The fourth-order valence-electron chi connectivity index (χ4n) is 6.11. The first kappa shape index (κ1) is 33.3. The summed E-state index contributed by atoms with van der Waals surface area (Å²) in [6, 6.07) is 15.4. The second kappa shape index (κ2) is 13.9. The molecular weight excluding hydrogens is 634 g/mol. The molecule has 1 fully saturated rings. The van der Waals surface area contributed by atoms with E-state index >= 15 is 8.78 Å². The van der Waals surface area contributed by atoms with Gasteiger partial charge in [0, 0.05) is 67.7 Å². The first-order chi connectivity index (χ1) is 23.6. The maximum absolute atomic E-state index is 15.5. The van der Waals surface area contributed by atoms with Crippen molar-refractivity contribution in [3.8, 4) is 11.5 Å². The van der Waals surface area contributed by atoms with Crippen molar-refractivity contribution in [2.75, 3.05) is 57.2 Å². The number of nitro benzene ring substituents is 1. The maximum Gasteiger partial charge on any atom is 0.294 e. The molecule has 49 heavy (non-hydrogen) atoms. The Morgan fingerprint density at radius 2 is 1.65 bits per heavy atom. The summed E-state index contributed by atoms with van der Waals surface area (Å²) in [5.74, 6) is -3.76. The molecule has 11 nitrogen and oxygen atoms in total. The molecule has 0 radical (unpaired) electrons. The van der Waals surface area contributed by atoms with E-state index in [4.69, 9.17) is 9.47 Å². The van der Waals surface area contributed by atoms with Crippen molar-refractivity contribution in [2.45, 2.75) is 20.4 Å². The van der Waals surface area contributed by atoms with E-state index in [9.17, 15) is 14.9 Å². The summed E-state index contributed by atoms with van der Waals surface area (Å²) in [5.41, 5.74) is 2.49. The molecule has 1 N–H and O–H groups in total. The number of hydrogen-bond donors (Lipinski definition) is 1. The predicted octanol–water partition coefficient (Wildman–Crippen LogP) is 6.71. The van der Waals surface area contributed by atoms with E-state index < -0.39 is 27.9 Å². The van der Waals surface area contributed by atoms with Gasteiger partial charge in [0.15, 0.2) is 23.1 Å². The zero-order valence-corrected chi connectivity index (χ0v) is 27.6. The summed E-state index contributed by atoms with van der Waals surface area (Å²) in [6.45, 7) is 8.63. The highest BCUT2D eigenvalue weighted by Crippen LogP contribution is 2.36. The molecule has 0 atom stereocenters. The third-order valence-corrected chi connectivity index (χ3v) is 8.91. The number of fused-ring (bicyclic) bond motifs is 1. The van der Waals surface area contributed by atoms with Crippen LogP contribution >= 0.6 is 0 Å². The molecule has 1 saturated heterocycles. The molecule has 3 heterocycles. The SMILES string of the molecule is CCN1CCN(c2ccc(Nc3cc4c(C(=O)c5c(F)c(OC)cc(OC)c5F)cn(Cc5ccc(C)cc5)c4cn3)c([N+](=O)[O-])c2)CC1. The fourth-order valence-corrected chi connectivity index (χ4v) is 6.11. The number of methoxy groups -OCH3 is 2. The van der Waals surface area contributed by atoms with Crippen LogP contribution in [0.2, 0.25) is 0 Å². The molecule has 1 aliphatic rings. The lowest BCUT2D eigenvalue weighted by atomic mass is 10.0. The lowest BCUT2D eigenvalue weighted by molar-refractivity contribution is -0.383. The van der Waals surface area contributed by atoms with Crippen LogP contribution in [-0.2, 0) is 6.54 Å². The number of likely N-dealkylation sites (N-methyl/N-ethyl adjacent to an activating group) is 1. The first-order valence-electron chi connectivity index (χ1n) is 15.8. The number of nitrogens with one attached hydrogen (secondary N) is 1. The minimum absolute atomic E-state index is 0.00302. The van der Waals surface area contributed by atoms with Crippen LogP contribution < -0.4 is 19.7 Å². The Kier molecular flexibility index (Phi) is 9.45. The lowest BCUT2D eigenvalue weighted by Gasteiger charge is -2.35. The second-order valence-corrected chi connectivity index (χ2v) is 11.9. The fraction of sp³-hybridized carbons (Fsp3) is 0.278. The van der Waals surface area contributed by atoms with Crippen LogP contribution in [0, 0.1) is 28.7 Å². The first-order valence-corrected chi connectivity index (χ1v) is 15.8. The quantitative estimate of drug-likeness (QED) is 0.0930. The Bertz CT molecular complexity index is 2010. The number of aromatic nitrogens is 2. The van der Waals surface area contributed by atoms with Gasteiger partial charge in [0.2, 0.25) is 5.78 Å². The number of anilines is 3. The Morgan fingerprint density at radius 3 is 2.27 bits per heavy atom. The number of carbonyl (C=O) groups is 1. The number of carbonyl (C=O) groups excluding carboxylic acids is 1. The summed E-state index contributed by atoms with van der Waals surface area (Å²) < 4.78 is 43.0. The van der Waals surface area contributed by atoms with E-state index in [2.05, 4.69) is 27.0 Å². The van der Waals surface area contributed by atoms with E-state index in [1.165, 1.54) is 32.7 Å². The molecule has 0 bridgehead atoms. The highest BCUT2D eigenvalue weighted by Gasteiger charge is 2.29. The molecular formula is C36H36F2N6O5. The number of benzene rings is 3. The number of halogens is 2. The number of hydrogen-bond acceptors (Lipinski definition) is 9. The van der Waals surface area contributed by atoms with Gasteiger partial charge in [-0.2, -0.15) is 0 Å². The molecule has 2 aromatic heterocycles. The van der Waals surface area contributed by atoms with E-state index in [1.54, 1.807) is 16.7 Å². The largest absolute Gasteiger partial charge is 0.494 e. The van der Waals surface area contributed by atoms with E-state index in [1.807, 2.05) is 37.3 Å². The standard InChI is InChI=1S/C36H36F2N6O5/c1-5-41-12-14-42(15-13-41)24-10-11-27(28(16-24)44(46)47)40-32-17-25-26(36(45)33-34(37)30(48-3)18-31(49-4)35(33)38)21-43(29(25)19-39-32)20-23-8-6-22(2)7-9-23/h6-11,16-19,21H,5,12-15,20H2,1-4H3,(H,39,40). The lowest BCUT2D eigenvalue weighted by Crippen LogP contribution is -2.46. The summed E-state index contributed by atoms with van der Waals surface area (Å²) in [4.78, 5) is 34.7. The van der Waals surface area contributed by atoms with Gasteiger partial charge >= 0.3 is 0 Å². The molecule has 254 valence electrons. The molecule has 13 heteroatoms. The highest BCUT2D eigenvalue weighted by molar-refractivity contribution is 6.17. The molecule has 1 aliphatic heterocycles. The monoisotopic (exact) mass is 670 g/mol. The van der Waals surface area contributed by atoms with E-state index in [0.29, 0.717) is 17.4 Å². The molecule has 5 aromatic rings.